The zero-order chi connectivity index (χ0) is 16.8. The molecule has 0 fully saturated rings. The van der Waals surface area contributed by atoms with E-state index in [1.807, 2.05) is 39.0 Å². The standard InChI is InChI=1S/C18H23NO4/c1-12-6-7-15(9-13(12)2)23-11-18(21)19-14(3)10-16(20)17-5-4-8-22-17/h4-9,14,16,20H,10-11H2,1-3H3,(H,19,21). The highest BCUT2D eigenvalue weighted by Gasteiger charge is 2.16. The lowest BCUT2D eigenvalue weighted by Gasteiger charge is -2.17. The lowest BCUT2D eigenvalue weighted by molar-refractivity contribution is -0.123. The van der Waals surface area contributed by atoms with Crippen molar-refractivity contribution in [2.75, 3.05) is 6.61 Å². The molecule has 5 heteroatoms. The highest BCUT2D eigenvalue weighted by molar-refractivity contribution is 5.77. The Morgan fingerprint density at radius 3 is 2.74 bits per heavy atom. The Balaban J connectivity index is 1.76. The molecule has 1 aromatic carbocycles. The number of carbonyl (C=O) groups excluding carboxylic acids is 1. The van der Waals surface area contributed by atoms with Crippen LogP contribution in [0.5, 0.6) is 5.75 Å². The van der Waals surface area contributed by atoms with Gasteiger partial charge in [0.1, 0.15) is 17.6 Å². The summed E-state index contributed by atoms with van der Waals surface area (Å²) in [6.07, 6.45) is 1.16. The molecule has 1 heterocycles. The smallest absolute Gasteiger partial charge is 0.258 e. The number of amides is 1. The van der Waals surface area contributed by atoms with Gasteiger partial charge in [0.05, 0.1) is 6.26 Å². The first-order chi connectivity index (χ1) is 11.0. The average Bonchev–Trinajstić information content (AvgIpc) is 3.02. The van der Waals surface area contributed by atoms with Crippen LogP contribution < -0.4 is 10.1 Å². The number of nitrogens with one attached hydrogen (secondary N) is 1. The van der Waals surface area contributed by atoms with Crippen LogP contribution >= 0.6 is 0 Å². The molecule has 124 valence electrons. The Bertz CT molecular complexity index is 636. The number of furan rings is 1. The van der Waals surface area contributed by atoms with Crippen LogP contribution in [0.4, 0.5) is 0 Å². The number of carbonyl (C=O) groups is 1. The molecule has 1 amide bonds. The number of hydrogen-bond acceptors (Lipinski definition) is 4. The minimum absolute atomic E-state index is 0.0519. The predicted octanol–water partition coefficient (Wildman–Crippen LogP) is 2.90. The zero-order valence-corrected chi connectivity index (χ0v) is 13.7. The maximum absolute atomic E-state index is 11.9. The summed E-state index contributed by atoms with van der Waals surface area (Å²) in [7, 11) is 0. The lowest BCUT2D eigenvalue weighted by atomic mass is 10.1. The van der Waals surface area contributed by atoms with Crippen LogP contribution in [-0.4, -0.2) is 23.7 Å². The van der Waals surface area contributed by atoms with Gasteiger partial charge in [0.25, 0.3) is 5.91 Å². The molecule has 1 aromatic heterocycles. The first-order valence-corrected chi connectivity index (χ1v) is 7.66. The van der Waals surface area contributed by atoms with Gasteiger partial charge in [-0.05, 0) is 56.2 Å². The van der Waals surface area contributed by atoms with Gasteiger partial charge in [-0.2, -0.15) is 0 Å². The van der Waals surface area contributed by atoms with Crippen molar-refractivity contribution in [1.82, 2.24) is 5.32 Å². The van der Waals surface area contributed by atoms with Crippen molar-refractivity contribution in [3.8, 4) is 5.75 Å². The molecule has 2 atom stereocenters. The molecule has 2 N–H and O–H groups in total. The van der Waals surface area contributed by atoms with E-state index in [2.05, 4.69) is 5.32 Å². The van der Waals surface area contributed by atoms with E-state index < -0.39 is 6.10 Å². The number of hydrogen-bond donors (Lipinski definition) is 2. The summed E-state index contributed by atoms with van der Waals surface area (Å²) < 4.78 is 10.6. The van der Waals surface area contributed by atoms with Crippen molar-refractivity contribution in [1.29, 1.82) is 0 Å². The Morgan fingerprint density at radius 2 is 2.09 bits per heavy atom. The van der Waals surface area contributed by atoms with Crippen molar-refractivity contribution in [2.45, 2.75) is 39.3 Å². The normalized spacial score (nSPS) is 13.4. The maximum atomic E-state index is 11.9. The molecule has 0 aliphatic rings. The number of rotatable bonds is 7. The first-order valence-electron chi connectivity index (χ1n) is 7.66. The number of ether oxygens (including phenoxy) is 1. The third kappa shape index (κ3) is 5.14. The highest BCUT2D eigenvalue weighted by Crippen LogP contribution is 2.19. The van der Waals surface area contributed by atoms with Crippen LogP contribution in [0.2, 0.25) is 0 Å². The molecule has 2 aromatic rings. The van der Waals surface area contributed by atoms with Crippen LogP contribution in [-0.2, 0) is 4.79 Å². The van der Waals surface area contributed by atoms with Crippen molar-refractivity contribution in [3.63, 3.8) is 0 Å². The van der Waals surface area contributed by atoms with Crippen molar-refractivity contribution >= 4 is 5.91 Å². The maximum Gasteiger partial charge on any atom is 0.258 e. The first kappa shape index (κ1) is 17.1. The summed E-state index contributed by atoms with van der Waals surface area (Å²) in [6.45, 7) is 5.81. The van der Waals surface area contributed by atoms with E-state index in [1.165, 1.54) is 11.8 Å². The number of aryl methyl sites for hydroxylation is 2. The largest absolute Gasteiger partial charge is 0.484 e. The number of aliphatic hydroxyl groups is 1. The fourth-order valence-corrected chi connectivity index (χ4v) is 2.26. The van der Waals surface area contributed by atoms with Crippen molar-refractivity contribution < 1.29 is 19.1 Å². The Hall–Kier alpha value is -2.27. The summed E-state index contributed by atoms with van der Waals surface area (Å²) in [5.41, 5.74) is 2.31. The van der Waals surface area contributed by atoms with E-state index in [1.54, 1.807) is 12.1 Å². The predicted molar refractivity (Wildman–Crippen MR) is 87.3 cm³/mol. The van der Waals surface area contributed by atoms with Crippen molar-refractivity contribution in [2.24, 2.45) is 0 Å². The van der Waals surface area contributed by atoms with Gasteiger partial charge >= 0.3 is 0 Å². The van der Waals surface area contributed by atoms with Gasteiger partial charge in [0.2, 0.25) is 0 Å². The molecule has 23 heavy (non-hydrogen) atoms. The topological polar surface area (TPSA) is 71.7 Å². The Labute approximate surface area is 136 Å². The van der Waals surface area contributed by atoms with Gasteiger partial charge in [0, 0.05) is 12.5 Å². The van der Waals surface area contributed by atoms with E-state index in [-0.39, 0.29) is 18.6 Å². The zero-order valence-electron chi connectivity index (χ0n) is 13.7. The molecule has 0 saturated heterocycles. The van der Waals surface area contributed by atoms with Crippen molar-refractivity contribution in [3.05, 3.63) is 53.5 Å². The Kier molecular flexibility index (Phi) is 5.82. The SMILES string of the molecule is Cc1ccc(OCC(=O)NC(C)CC(O)c2ccco2)cc1C. The molecule has 2 unspecified atom stereocenters. The van der Waals surface area contributed by atoms with Gasteiger partial charge in [-0.1, -0.05) is 6.07 Å². The highest BCUT2D eigenvalue weighted by atomic mass is 16.5. The molecule has 0 aliphatic carbocycles. The third-order valence-electron chi connectivity index (χ3n) is 3.70. The van der Waals surface area contributed by atoms with Gasteiger partial charge in [-0.25, -0.2) is 0 Å². The van der Waals surface area contributed by atoms with Crippen LogP contribution in [0, 0.1) is 13.8 Å². The van der Waals surface area contributed by atoms with Gasteiger partial charge < -0.3 is 19.6 Å². The van der Waals surface area contributed by atoms with E-state index >= 15 is 0 Å². The minimum Gasteiger partial charge on any atom is -0.484 e. The average molecular weight is 317 g/mol. The molecular formula is C18H23NO4. The van der Waals surface area contributed by atoms with Crippen LogP contribution in [0.15, 0.2) is 41.0 Å². The third-order valence-corrected chi connectivity index (χ3v) is 3.70. The summed E-state index contributed by atoms with van der Waals surface area (Å²) >= 11 is 0. The van der Waals surface area contributed by atoms with E-state index in [9.17, 15) is 9.90 Å². The summed E-state index contributed by atoms with van der Waals surface area (Å²) in [5.74, 6) is 0.950. The second-order valence-corrected chi connectivity index (χ2v) is 5.77. The second kappa shape index (κ2) is 7.83. The number of benzene rings is 1. The van der Waals surface area contributed by atoms with Gasteiger partial charge in [-0.3, -0.25) is 4.79 Å². The molecule has 0 saturated carbocycles. The molecule has 0 radical (unpaired) electrons. The molecular weight excluding hydrogens is 294 g/mol. The van der Waals surface area contributed by atoms with E-state index in [4.69, 9.17) is 9.15 Å². The fourth-order valence-electron chi connectivity index (χ4n) is 2.26. The van der Waals surface area contributed by atoms with Gasteiger partial charge in [0.15, 0.2) is 6.61 Å². The fraction of sp³-hybridized carbons (Fsp3) is 0.389. The van der Waals surface area contributed by atoms with Crippen LogP contribution in [0.25, 0.3) is 0 Å². The second-order valence-electron chi connectivity index (χ2n) is 5.77. The van der Waals surface area contributed by atoms with Gasteiger partial charge in [-0.15, -0.1) is 0 Å². The van der Waals surface area contributed by atoms with Crippen LogP contribution in [0.3, 0.4) is 0 Å². The Morgan fingerprint density at radius 1 is 1.30 bits per heavy atom. The molecule has 0 aliphatic heterocycles. The summed E-state index contributed by atoms with van der Waals surface area (Å²) in [4.78, 5) is 11.9. The monoisotopic (exact) mass is 317 g/mol. The molecule has 2 rings (SSSR count). The quantitative estimate of drug-likeness (QED) is 0.823. The van der Waals surface area contributed by atoms with E-state index in [0.29, 0.717) is 17.9 Å². The number of aliphatic hydroxyl groups excluding tert-OH is 1. The molecule has 0 spiro atoms. The van der Waals surface area contributed by atoms with Crippen LogP contribution in [0.1, 0.15) is 36.3 Å². The minimum atomic E-state index is -0.735. The lowest BCUT2D eigenvalue weighted by Crippen LogP contribution is -2.37. The molecule has 0 bridgehead atoms. The summed E-state index contributed by atoms with van der Waals surface area (Å²) in [5, 5.41) is 12.8. The summed E-state index contributed by atoms with van der Waals surface area (Å²) in [6, 6.07) is 8.96. The molecule has 5 nitrogen and oxygen atoms in total. The van der Waals surface area contributed by atoms with E-state index in [0.717, 1.165) is 5.56 Å².